The number of carbonyl (C=O) groups is 1. The summed E-state index contributed by atoms with van der Waals surface area (Å²) < 4.78 is 62.5. The smallest absolute Gasteiger partial charge is 0.453 e. The van der Waals surface area contributed by atoms with Crippen molar-refractivity contribution in [2.75, 3.05) is 6.61 Å². The second kappa shape index (κ2) is 10.4. The normalized spacial score (nSPS) is 11.6. The van der Waals surface area contributed by atoms with Gasteiger partial charge in [0.2, 0.25) is 11.2 Å². The van der Waals surface area contributed by atoms with Gasteiger partial charge in [0, 0.05) is 12.1 Å². The minimum absolute atomic E-state index is 0.0766. The zero-order valence-corrected chi connectivity index (χ0v) is 18.9. The van der Waals surface area contributed by atoms with E-state index in [-0.39, 0.29) is 29.2 Å². The van der Waals surface area contributed by atoms with Gasteiger partial charge in [-0.2, -0.15) is 13.2 Å². The van der Waals surface area contributed by atoms with Crippen LogP contribution in [0.2, 0.25) is 0 Å². The topological polar surface area (TPSA) is 75.0 Å². The highest BCUT2D eigenvalue weighted by atomic mass is 19.4. The number of halogens is 3. The molecule has 1 heterocycles. The van der Waals surface area contributed by atoms with Gasteiger partial charge in [0.1, 0.15) is 11.3 Å². The first-order valence-electron chi connectivity index (χ1n) is 10.8. The molecule has 0 radical (unpaired) electrons. The highest BCUT2D eigenvalue weighted by molar-refractivity contribution is 5.89. The van der Waals surface area contributed by atoms with Crippen LogP contribution in [0.1, 0.15) is 18.2 Å². The van der Waals surface area contributed by atoms with Gasteiger partial charge in [-0.05, 0) is 42.8 Å². The Morgan fingerprint density at radius 2 is 1.67 bits per heavy atom. The molecule has 0 saturated heterocycles. The fourth-order valence-electron chi connectivity index (χ4n) is 3.30. The van der Waals surface area contributed by atoms with Crippen molar-refractivity contribution >= 4 is 23.0 Å². The van der Waals surface area contributed by atoms with E-state index in [1.54, 1.807) is 37.3 Å². The maximum Gasteiger partial charge on any atom is 0.453 e. The SMILES string of the molecule is CCOc1ccccc1Oc1c(C(F)(F)F)oc2cc(OC(=O)C=Cc3ccccc3)ccc2c1=O. The lowest BCUT2D eigenvalue weighted by Gasteiger charge is -2.15. The van der Waals surface area contributed by atoms with Crippen LogP contribution in [0.3, 0.4) is 0 Å². The van der Waals surface area contributed by atoms with Crippen molar-refractivity contribution in [3.05, 3.63) is 100 Å². The number of ether oxygens (including phenoxy) is 3. The lowest BCUT2D eigenvalue weighted by Crippen LogP contribution is -2.16. The first kappa shape index (κ1) is 24.6. The number of fused-ring (bicyclic) bond motifs is 1. The average Bonchev–Trinajstić information content (AvgIpc) is 2.85. The summed E-state index contributed by atoms with van der Waals surface area (Å²) in [5.41, 5.74) is -0.709. The van der Waals surface area contributed by atoms with Gasteiger partial charge in [0.15, 0.2) is 11.5 Å². The summed E-state index contributed by atoms with van der Waals surface area (Å²) in [6, 6.07) is 18.5. The Morgan fingerprint density at radius 1 is 0.972 bits per heavy atom. The average molecular weight is 496 g/mol. The van der Waals surface area contributed by atoms with E-state index in [1.165, 1.54) is 42.5 Å². The maximum absolute atomic E-state index is 13.8. The third kappa shape index (κ3) is 5.57. The molecule has 9 heteroatoms. The Labute approximate surface area is 203 Å². The monoisotopic (exact) mass is 496 g/mol. The van der Waals surface area contributed by atoms with Crippen molar-refractivity contribution in [2.24, 2.45) is 0 Å². The summed E-state index contributed by atoms with van der Waals surface area (Å²) in [6.07, 6.45) is -2.35. The van der Waals surface area contributed by atoms with E-state index in [1.807, 2.05) is 6.07 Å². The second-order valence-corrected chi connectivity index (χ2v) is 7.39. The number of hydrogen-bond acceptors (Lipinski definition) is 6. The molecular formula is C27H19F3O6. The van der Waals surface area contributed by atoms with Gasteiger partial charge in [0.05, 0.1) is 12.0 Å². The molecule has 0 unspecified atom stereocenters. The third-order valence-corrected chi connectivity index (χ3v) is 4.87. The number of carbonyl (C=O) groups excluding carboxylic acids is 1. The van der Waals surface area contributed by atoms with E-state index in [0.717, 1.165) is 11.6 Å². The highest BCUT2D eigenvalue weighted by Crippen LogP contribution is 2.40. The molecule has 36 heavy (non-hydrogen) atoms. The molecule has 4 aromatic rings. The molecule has 0 saturated carbocycles. The molecule has 0 bridgehead atoms. The third-order valence-electron chi connectivity index (χ3n) is 4.87. The predicted molar refractivity (Wildman–Crippen MR) is 126 cm³/mol. The van der Waals surface area contributed by atoms with Crippen molar-refractivity contribution in [3.63, 3.8) is 0 Å². The quantitative estimate of drug-likeness (QED) is 0.163. The Kier molecular flexibility index (Phi) is 7.10. The molecule has 184 valence electrons. The number of para-hydroxylation sites is 2. The molecule has 0 N–H and O–H groups in total. The fourth-order valence-corrected chi connectivity index (χ4v) is 3.30. The first-order valence-corrected chi connectivity index (χ1v) is 10.8. The molecule has 0 fully saturated rings. The van der Waals surface area contributed by atoms with Crippen LogP contribution in [0.5, 0.6) is 23.0 Å². The molecule has 1 aromatic heterocycles. The molecule has 0 aliphatic carbocycles. The number of rotatable bonds is 7. The van der Waals surface area contributed by atoms with Crippen LogP contribution >= 0.6 is 0 Å². The summed E-state index contributed by atoms with van der Waals surface area (Å²) in [5.74, 6) is -3.43. The van der Waals surface area contributed by atoms with Gasteiger partial charge in [0.25, 0.3) is 5.76 Å². The minimum Gasteiger partial charge on any atom is -0.490 e. The second-order valence-electron chi connectivity index (χ2n) is 7.39. The minimum atomic E-state index is -5.05. The molecule has 0 spiro atoms. The Balaban J connectivity index is 1.69. The lowest BCUT2D eigenvalue weighted by molar-refractivity contribution is -0.154. The predicted octanol–water partition coefficient (Wildman–Crippen LogP) is 6.62. The highest BCUT2D eigenvalue weighted by Gasteiger charge is 2.40. The fraction of sp³-hybridized carbons (Fsp3) is 0.111. The Morgan fingerprint density at radius 3 is 2.36 bits per heavy atom. The molecule has 0 atom stereocenters. The van der Waals surface area contributed by atoms with E-state index < -0.39 is 34.7 Å². The number of hydrogen-bond donors (Lipinski definition) is 0. The molecular weight excluding hydrogens is 477 g/mol. The van der Waals surface area contributed by atoms with Crippen LogP contribution in [-0.4, -0.2) is 12.6 Å². The van der Waals surface area contributed by atoms with Gasteiger partial charge >= 0.3 is 12.1 Å². The number of alkyl halides is 3. The zero-order valence-electron chi connectivity index (χ0n) is 18.9. The summed E-state index contributed by atoms with van der Waals surface area (Å²) in [6.45, 7) is 1.94. The standard InChI is InChI=1S/C27H19F3O6/c1-2-33-20-10-6-7-11-21(20)35-25-24(32)19-14-13-18(16-22(19)36-26(25)27(28,29)30)34-23(31)15-12-17-8-4-3-5-9-17/h3-16H,2H2,1H3. The van der Waals surface area contributed by atoms with E-state index >= 15 is 0 Å². The van der Waals surface area contributed by atoms with Crippen molar-refractivity contribution in [1.29, 1.82) is 0 Å². The van der Waals surface area contributed by atoms with Gasteiger partial charge in [-0.3, -0.25) is 4.79 Å². The molecule has 4 rings (SSSR count). The maximum atomic E-state index is 13.8. The lowest BCUT2D eigenvalue weighted by atomic mass is 10.2. The van der Waals surface area contributed by atoms with Crippen molar-refractivity contribution in [1.82, 2.24) is 0 Å². The molecule has 6 nitrogen and oxygen atoms in total. The van der Waals surface area contributed by atoms with Crippen molar-refractivity contribution in [3.8, 4) is 23.0 Å². The van der Waals surface area contributed by atoms with Crippen LogP contribution in [0.4, 0.5) is 13.2 Å². The molecule has 0 amide bonds. The number of benzene rings is 3. The molecule has 0 aliphatic rings. The van der Waals surface area contributed by atoms with Gasteiger partial charge < -0.3 is 18.6 Å². The van der Waals surface area contributed by atoms with E-state index in [2.05, 4.69) is 0 Å². The van der Waals surface area contributed by atoms with Crippen LogP contribution < -0.4 is 19.6 Å². The zero-order chi connectivity index (χ0) is 25.7. The summed E-state index contributed by atoms with van der Waals surface area (Å²) in [5, 5.41) is -0.188. The Hall–Kier alpha value is -4.53. The molecule has 3 aromatic carbocycles. The first-order chi connectivity index (χ1) is 17.3. The summed E-state index contributed by atoms with van der Waals surface area (Å²) >= 11 is 0. The van der Waals surface area contributed by atoms with Crippen LogP contribution in [-0.2, 0) is 11.0 Å². The molecule has 0 aliphatic heterocycles. The largest absolute Gasteiger partial charge is 0.490 e. The van der Waals surface area contributed by atoms with Crippen molar-refractivity contribution < 1.29 is 36.6 Å². The van der Waals surface area contributed by atoms with Crippen LogP contribution in [0.25, 0.3) is 17.0 Å². The van der Waals surface area contributed by atoms with E-state index in [0.29, 0.717) is 0 Å². The van der Waals surface area contributed by atoms with Gasteiger partial charge in [-0.15, -0.1) is 0 Å². The van der Waals surface area contributed by atoms with E-state index in [9.17, 15) is 22.8 Å². The van der Waals surface area contributed by atoms with Gasteiger partial charge in [-0.25, -0.2) is 4.79 Å². The number of esters is 1. The van der Waals surface area contributed by atoms with E-state index in [4.69, 9.17) is 18.6 Å². The van der Waals surface area contributed by atoms with Gasteiger partial charge in [-0.1, -0.05) is 42.5 Å². The van der Waals surface area contributed by atoms with Crippen LogP contribution in [0, 0.1) is 0 Å². The summed E-state index contributed by atoms with van der Waals surface area (Å²) in [4.78, 5) is 25.2. The van der Waals surface area contributed by atoms with Crippen LogP contribution in [0.15, 0.2) is 88.1 Å². The van der Waals surface area contributed by atoms with Crippen molar-refractivity contribution in [2.45, 2.75) is 13.1 Å². The summed E-state index contributed by atoms with van der Waals surface area (Å²) in [7, 11) is 0. The Bertz CT molecular complexity index is 1470.